The minimum Gasteiger partial charge on any atom is -0.450 e. The summed E-state index contributed by atoms with van der Waals surface area (Å²) in [7, 11) is 2.17. The molecule has 0 saturated carbocycles. The van der Waals surface area contributed by atoms with Gasteiger partial charge in [0.25, 0.3) is 11.5 Å². The van der Waals surface area contributed by atoms with Crippen molar-refractivity contribution in [3.63, 3.8) is 0 Å². The zero-order valence-electron chi connectivity index (χ0n) is 23.3. The van der Waals surface area contributed by atoms with Crippen molar-refractivity contribution in [3.05, 3.63) is 93.4 Å². The van der Waals surface area contributed by atoms with Crippen molar-refractivity contribution >= 4 is 17.7 Å². The summed E-state index contributed by atoms with van der Waals surface area (Å²) in [5, 5.41) is 9.81. The summed E-state index contributed by atoms with van der Waals surface area (Å²) < 4.78 is 6.21. The fourth-order valence-corrected chi connectivity index (χ4v) is 4.37. The highest BCUT2D eigenvalue weighted by Gasteiger charge is 2.20. The van der Waals surface area contributed by atoms with Crippen molar-refractivity contribution < 1.29 is 14.3 Å². The molecule has 1 unspecified atom stereocenters. The molecule has 0 spiro atoms. The second-order valence-corrected chi connectivity index (χ2v) is 9.70. The van der Waals surface area contributed by atoms with Crippen LogP contribution in [-0.2, 0) is 11.3 Å². The predicted octanol–water partition coefficient (Wildman–Crippen LogP) is 4.38. The first-order chi connectivity index (χ1) is 18.7. The Morgan fingerprint density at radius 1 is 1.08 bits per heavy atom. The van der Waals surface area contributed by atoms with Crippen LogP contribution in [0.1, 0.15) is 53.4 Å². The number of anilines is 1. The lowest BCUT2D eigenvalue weighted by Crippen LogP contribution is -2.31. The van der Waals surface area contributed by atoms with Crippen molar-refractivity contribution in [2.45, 2.75) is 52.6 Å². The number of rotatable bonds is 8. The van der Waals surface area contributed by atoms with Gasteiger partial charge in [0.15, 0.2) is 0 Å². The molecule has 2 aromatic carbocycles. The molecule has 0 bridgehead atoms. The summed E-state index contributed by atoms with van der Waals surface area (Å²) in [5.41, 5.74) is 4.02. The number of carbonyl (C=O) groups excluding carboxylic acids is 2. The summed E-state index contributed by atoms with van der Waals surface area (Å²) >= 11 is 0. The van der Waals surface area contributed by atoms with Crippen LogP contribution in [0.2, 0.25) is 0 Å². The van der Waals surface area contributed by atoms with Crippen molar-refractivity contribution in [1.29, 1.82) is 0 Å². The minimum absolute atomic E-state index is 0.0376. The van der Waals surface area contributed by atoms with E-state index in [0.717, 1.165) is 29.8 Å². The highest BCUT2D eigenvalue weighted by molar-refractivity contribution is 5.94. The Labute approximate surface area is 230 Å². The van der Waals surface area contributed by atoms with E-state index in [1.807, 2.05) is 44.2 Å². The molecule has 4 rings (SSSR count). The third-order valence-corrected chi connectivity index (χ3v) is 6.53. The maximum absolute atomic E-state index is 11.9. The number of ether oxygens (including phenoxy) is 1. The molecule has 2 amide bonds. The zero-order valence-corrected chi connectivity index (χ0v) is 23.3. The number of carbonyl (C=O) groups is 2. The van der Waals surface area contributed by atoms with Gasteiger partial charge in [-0.15, -0.1) is 0 Å². The van der Waals surface area contributed by atoms with Crippen LogP contribution in [0.4, 0.5) is 10.5 Å². The van der Waals surface area contributed by atoms with Crippen LogP contribution in [0.3, 0.4) is 0 Å². The van der Waals surface area contributed by atoms with Crippen LogP contribution in [0.25, 0.3) is 0 Å². The van der Waals surface area contributed by atoms with Gasteiger partial charge in [0.2, 0.25) is 0 Å². The number of hydrogen-bond acceptors (Lipinski definition) is 6. The van der Waals surface area contributed by atoms with E-state index in [9.17, 15) is 14.4 Å². The molecule has 1 fully saturated rings. The van der Waals surface area contributed by atoms with Crippen molar-refractivity contribution in [1.82, 2.24) is 20.0 Å². The largest absolute Gasteiger partial charge is 0.450 e. The van der Waals surface area contributed by atoms with E-state index in [1.54, 1.807) is 31.2 Å². The van der Waals surface area contributed by atoms with Crippen LogP contribution in [0.5, 0.6) is 0 Å². The van der Waals surface area contributed by atoms with Gasteiger partial charge in [0, 0.05) is 29.9 Å². The number of amides is 2. The topological polar surface area (TPSA) is 106 Å². The van der Waals surface area contributed by atoms with E-state index in [4.69, 9.17) is 4.74 Å². The molecule has 1 aromatic heterocycles. The Hall–Kier alpha value is -3.98. The van der Waals surface area contributed by atoms with E-state index in [0.29, 0.717) is 24.9 Å². The molecule has 9 heteroatoms. The molecule has 1 saturated heterocycles. The Morgan fingerprint density at radius 3 is 2.54 bits per heavy atom. The SMILES string of the molecule is CCOC(=O)Nc1cccc(Cn2nc(C)ccc2=O)c1.Cc1ccc(C(=O)NCCC2CCCN2C)cc1. The molecule has 2 heterocycles. The quantitative estimate of drug-likeness (QED) is 0.445. The lowest BCUT2D eigenvalue weighted by Gasteiger charge is -2.19. The predicted molar refractivity (Wildman–Crippen MR) is 153 cm³/mol. The third-order valence-electron chi connectivity index (χ3n) is 6.53. The van der Waals surface area contributed by atoms with Crippen molar-refractivity contribution in [2.24, 2.45) is 0 Å². The van der Waals surface area contributed by atoms with Crippen LogP contribution in [0.15, 0.2) is 65.5 Å². The summed E-state index contributed by atoms with van der Waals surface area (Å²) in [6.45, 7) is 8.21. The molecule has 0 aliphatic carbocycles. The van der Waals surface area contributed by atoms with E-state index in [1.165, 1.54) is 35.7 Å². The Kier molecular flexibility index (Phi) is 11.2. The number of likely N-dealkylation sites (tertiary alicyclic amines) is 1. The third kappa shape index (κ3) is 9.68. The van der Waals surface area contributed by atoms with Gasteiger partial charge >= 0.3 is 6.09 Å². The molecule has 0 radical (unpaired) electrons. The molecule has 9 nitrogen and oxygen atoms in total. The lowest BCUT2D eigenvalue weighted by atomic mass is 10.1. The lowest BCUT2D eigenvalue weighted by molar-refractivity contribution is 0.0950. The fraction of sp³-hybridized carbons (Fsp3) is 0.400. The number of nitrogens with one attached hydrogen (secondary N) is 2. The maximum atomic E-state index is 11.9. The highest BCUT2D eigenvalue weighted by Crippen LogP contribution is 2.17. The first kappa shape index (κ1) is 29.6. The molecular formula is C30H39N5O4. The van der Waals surface area contributed by atoms with E-state index >= 15 is 0 Å². The number of hydrogen-bond donors (Lipinski definition) is 2. The Morgan fingerprint density at radius 2 is 1.85 bits per heavy atom. The van der Waals surface area contributed by atoms with E-state index in [-0.39, 0.29) is 11.5 Å². The number of nitrogens with zero attached hydrogens (tertiary/aromatic N) is 3. The molecule has 2 N–H and O–H groups in total. The second-order valence-electron chi connectivity index (χ2n) is 9.70. The van der Waals surface area contributed by atoms with Gasteiger partial charge in [-0.25, -0.2) is 9.48 Å². The summed E-state index contributed by atoms with van der Waals surface area (Å²) in [6.07, 6.45) is 3.10. The van der Waals surface area contributed by atoms with Crippen LogP contribution >= 0.6 is 0 Å². The number of benzene rings is 2. The first-order valence-corrected chi connectivity index (χ1v) is 13.4. The molecule has 39 heavy (non-hydrogen) atoms. The Bertz CT molecular complexity index is 1290. The monoisotopic (exact) mass is 533 g/mol. The second kappa shape index (κ2) is 14.8. The van der Waals surface area contributed by atoms with Gasteiger partial charge in [0.1, 0.15) is 0 Å². The molecule has 1 atom stereocenters. The van der Waals surface area contributed by atoms with Crippen LogP contribution in [0, 0.1) is 13.8 Å². The van der Waals surface area contributed by atoms with Gasteiger partial charge in [-0.2, -0.15) is 5.10 Å². The smallest absolute Gasteiger partial charge is 0.411 e. The molecular weight excluding hydrogens is 494 g/mol. The standard InChI is InChI=1S/C15H17N3O3.C15H22N2O/c1-3-21-15(20)16-13-6-4-5-12(9-13)10-18-14(19)8-7-11(2)17-18;1-12-5-7-13(8-6-12)15(18)16-10-9-14-4-3-11-17(14)2/h4-9H,3,10H2,1-2H3,(H,16,20);5-8,14H,3-4,9-11H2,1-2H3,(H,16,18). The van der Waals surface area contributed by atoms with Gasteiger partial charge in [-0.3, -0.25) is 14.9 Å². The maximum Gasteiger partial charge on any atom is 0.411 e. The van der Waals surface area contributed by atoms with Crippen LogP contribution in [-0.4, -0.2) is 59.5 Å². The Balaban J connectivity index is 0.000000218. The van der Waals surface area contributed by atoms with Gasteiger partial charge in [-0.1, -0.05) is 29.8 Å². The van der Waals surface area contributed by atoms with E-state index in [2.05, 4.69) is 27.7 Å². The summed E-state index contributed by atoms with van der Waals surface area (Å²) in [4.78, 5) is 37.4. The highest BCUT2D eigenvalue weighted by atomic mass is 16.5. The van der Waals surface area contributed by atoms with Crippen LogP contribution < -0.4 is 16.2 Å². The first-order valence-electron chi connectivity index (χ1n) is 13.4. The summed E-state index contributed by atoms with van der Waals surface area (Å²) in [6, 6.07) is 18.7. The van der Waals surface area contributed by atoms with Gasteiger partial charge in [0.05, 0.1) is 18.8 Å². The molecule has 208 valence electrons. The van der Waals surface area contributed by atoms with Crippen molar-refractivity contribution in [2.75, 3.05) is 32.1 Å². The zero-order chi connectivity index (χ0) is 28.2. The summed E-state index contributed by atoms with van der Waals surface area (Å²) in [5.74, 6) is 0.0376. The number of aryl methyl sites for hydroxylation is 2. The van der Waals surface area contributed by atoms with Gasteiger partial charge < -0.3 is 15.0 Å². The van der Waals surface area contributed by atoms with Crippen molar-refractivity contribution in [3.8, 4) is 0 Å². The number of aromatic nitrogens is 2. The molecule has 1 aliphatic heterocycles. The molecule has 3 aromatic rings. The average molecular weight is 534 g/mol. The van der Waals surface area contributed by atoms with Gasteiger partial charge in [-0.05, 0) is 89.5 Å². The van der Waals surface area contributed by atoms with E-state index < -0.39 is 6.09 Å². The molecule has 1 aliphatic rings. The normalized spacial score (nSPS) is 14.7. The minimum atomic E-state index is -0.500. The average Bonchev–Trinajstić information content (AvgIpc) is 3.32. The fourth-order valence-electron chi connectivity index (χ4n) is 4.37.